The van der Waals surface area contributed by atoms with Crippen LogP contribution in [0.15, 0.2) is 0 Å². The zero-order valence-electron chi connectivity index (χ0n) is 7.98. The SMILES string of the molecule is O=C1CCC(=O)N1CCN1CC(O)C1. The number of amides is 2. The molecule has 5 heteroatoms. The van der Waals surface area contributed by atoms with Gasteiger partial charge in [-0.15, -0.1) is 0 Å². The lowest BCUT2D eigenvalue weighted by molar-refractivity contribution is -0.138. The van der Waals surface area contributed by atoms with Crippen molar-refractivity contribution in [2.75, 3.05) is 26.2 Å². The molecule has 0 aromatic rings. The molecule has 0 aromatic carbocycles. The molecule has 0 bridgehead atoms. The lowest BCUT2D eigenvalue weighted by atomic mass is 10.2. The van der Waals surface area contributed by atoms with Gasteiger partial charge in [0.2, 0.25) is 11.8 Å². The molecule has 2 aliphatic rings. The van der Waals surface area contributed by atoms with E-state index in [0.717, 1.165) is 0 Å². The van der Waals surface area contributed by atoms with E-state index in [0.29, 0.717) is 39.0 Å². The normalized spacial score (nSPS) is 24.5. The van der Waals surface area contributed by atoms with Gasteiger partial charge in [0.1, 0.15) is 0 Å². The van der Waals surface area contributed by atoms with E-state index in [-0.39, 0.29) is 17.9 Å². The van der Waals surface area contributed by atoms with E-state index in [4.69, 9.17) is 5.11 Å². The maximum absolute atomic E-state index is 11.2. The number of hydrogen-bond acceptors (Lipinski definition) is 4. The van der Waals surface area contributed by atoms with Crippen molar-refractivity contribution in [2.24, 2.45) is 0 Å². The highest BCUT2D eigenvalue weighted by Crippen LogP contribution is 2.12. The van der Waals surface area contributed by atoms with Crippen LogP contribution in [0.25, 0.3) is 0 Å². The van der Waals surface area contributed by atoms with Crippen LogP contribution in [0.4, 0.5) is 0 Å². The first-order valence-corrected chi connectivity index (χ1v) is 4.90. The molecule has 0 aromatic heterocycles. The van der Waals surface area contributed by atoms with Crippen LogP contribution < -0.4 is 0 Å². The maximum Gasteiger partial charge on any atom is 0.229 e. The minimum Gasteiger partial charge on any atom is -0.390 e. The molecule has 2 saturated heterocycles. The van der Waals surface area contributed by atoms with Gasteiger partial charge in [-0.2, -0.15) is 0 Å². The number of likely N-dealkylation sites (tertiary alicyclic amines) is 2. The summed E-state index contributed by atoms with van der Waals surface area (Å²) in [6, 6.07) is 0. The summed E-state index contributed by atoms with van der Waals surface area (Å²) in [5, 5.41) is 9.03. The highest BCUT2D eigenvalue weighted by Gasteiger charge is 2.30. The van der Waals surface area contributed by atoms with Gasteiger partial charge in [-0.25, -0.2) is 0 Å². The fraction of sp³-hybridized carbons (Fsp3) is 0.778. The molecule has 14 heavy (non-hydrogen) atoms. The van der Waals surface area contributed by atoms with Gasteiger partial charge in [0.25, 0.3) is 0 Å². The van der Waals surface area contributed by atoms with Gasteiger partial charge in [-0.3, -0.25) is 19.4 Å². The Bertz CT molecular complexity index is 245. The predicted octanol–water partition coefficient (Wildman–Crippen LogP) is -1.19. The van der Waals surface area contributed by atoms with Crippen molar-refractivity contribution in [3.63, 3.8) is 0 Å². The second-order valence-corrected chi connectivity index (χ2v) is 3.85. The van der Waals surface area contributed by atoms with Crippen LogP contribution in [0, 0.1) is 0 Å². The van der Waals surface area contributed by atoms with Crippen LogP contribution in [0.3, 0.4) is 0 Å². The molecule has 2 amide bonds. The Hall–Kier alpha value is -0.940. The number of hydrogen-bond donors (Lipinski definition) is 1. The molecule has 1 N–H and O–H groups in total. The minimum absolute atomic E-state index is 0.0592. The van der Waals surface area contributed by atoms with Crippen molar-refractivity contribution >= 4 is 11.8 Å². The Balaban J connectivity index is 1.74. The first kappa shape index (κ1) is 9.61. The molecule has 5 nitrogen and oxygen atoms in total. The van der Waals surface area contributed by atoms with Crippen molar-refractivity contribution in [3.05, 3.63) is 0 Å². The summed E-state index contributed by atoms with van der Waals surface area (Å²) < 4.78 is 0. The average molecular weight is 198 g/mol. The summed E-state index contributed by atoms with van der Waals surface area (Å²) in [4.78, 5) is 25.8. The number of aliphatic hydroxyl groups excluding tert-OH is 1. The fourth-order valence-corrected chi connectivity index (χ4v) is 1.84. The first-order valence-electron chi connectivity index (χ1n) is 4.90. The molecular weight excluding hydrogens is 184 g/mol. The van der Waals surface area contributed by atoms with E-state index in [1.807, 2.05) is 4.90 Å². The smallest absolute Gasteiger partial charge is 0.229 e. The molecule has 0 aliphatic carbocycles. The monoisotopic (exact) mass is 198 g/mol. The number of carbonyl (C=O) groups excluding carboxylic acids is 2. The number of rotatable bonds is 3. The van der Waals surface area contributed by atoms with E-state index in [2.05, 4.69) is 0 Å². The van der Waals surface area contributed by atoms with E-state index in [1.54, 1.807) is 0 Å². The van der Waals surface area contributed by atoms with Crippen molar-refractivity contribution in [2.45, 2.75) is 18.9 Å². The van der Waals surface area contributed by atoms with Gasteiger partial charge >= 0.3 is 0 Å². The third-order valence-corrected chi connectivity index (χ3v) is 2.73. The van der Waals surface area contributed by atoms with Gasteiger partial charge in [0.15, 0.2) is 0 Å². The maximum atomic E-state index is 11.2. The third-order valence-electron chi connectivity index (χ3n) is 2.73. The molecule has 78 valence electrons. The molecule has 0 saturated carbocycles. The van der Waals surface area contributed by atoms with Crippen molar-refractivity contribution in [1.82, 2.24) is 9.80 Å². The van der Waals surface area contributed by atoms with Gasteiger partial charge in [0, 0.05) is 39.0 Å². The highest BCUT2D eigenvalue weighted by molar-refractivity contribution is 6.01. The quantitative estimate of drug-likeness (QED) is 0.579. The summed E-state index contributed by atoms with van der Waals surface area (Å²) in [6.45, 7) is 2.49. The molecule has 2 rings (SSSR count). The van der Waals surface area contributed by atoms with E-state index >= 15 is 0 Å². The van der Waals surface area contributed by atoms with Crippen molar-refractivity contribution in [3.8, 4) is 0 Å². The lowest BCUT2D eigenvalue weighted by Gasteiger charge is -2.36. The number of β-amino-alcohol motifs (C(OH)–C–C–N with tert-alkyl or cyclic N) is 1. The minimum atomic E-state index is -0.222. The molecule has 0 atom stereocenters. The van der Waals surface area contributed by atoms with Crippen molar-refractivity contribution in [1.29, 1.82) is 0 Å². The van der Waals surface area contributed by atoms with Crippen LogP contribution in [0.1, 0.15) is 12.8 Å². The standard InChI is InChI=1S/C9H14N2O3/c12-7-5-10(6-7)3-4-11-8(13)1-2-9(11)14/h7,12H,1-6H2. The molecule has 0 unspecified atom stereocenters. The van der Waals surface area contributed by atoms with Crippen LogP contribution in [-0.4, -0.2) is 59.0 Å². The fourth-order valence-electron chi connectivity index (χ4n) is 1.84. The molecular formula is C9H14N2O3. The van der Waals surface area contributed by atoms with Crippen LogP contribution in [0.5, 0.6) is 0 Å². The van der Waals surface area contributed by atoms with Gasteiger partial charge in [-0.05, 0) is 0 Å². The van der Waals surface area contributed by atoms with E-state index < -0.39 is 0 Å². The predicted molar refractivity (Wildman–Crippen MR) is 48.4 cm³/mol. The Labute approximate surface area is 82.3 Å². The van der Waals surface area contributed by atoms with E-state index in [9.17, 15) is 9.59 Å². The number of imide groups is 1. The zero-order valence-corrected chi connectivity index (χ0v) is 7.98. The average Bonchev–Trinajstić information content (AvgIpc) is 2.40. The molecule has 0 spiro atoms. The van der Waals surface area contributed by atoms with Gasteiger partial charge in [-0.1, -0.05) is 0 Å². The zero-order chi connectivity index (χ0) is 10.1. The largest absolute Gasteiger partial charge is 0.390 e. The van der Waals surface area contributed by atoms with Crippen molar-refractivity contribution < 1.29 is 14.7 Å². The van der Waals surface area contributed by atoms with E-state index in [1.165, 1.54) is 4.90 Å². The second kappa shape index (κ2) is 3.67. The second-order valence-electron chi connectivity index (χ2n) is 3.85. The van der Waals surface area contributed by atoms with Gasteiger partial charge in [0.05, 0.1) is 6.10 Å². The van der Waals surface area contributed by atoms with Crippen LogP contribution in [0.2, 0.25) is 0 Å². The number of carbonyl (C=O) groups is 2. The summed E-state index contributed by atoms with van der Waals surface area (Å²) in [5.41, 5.74) is 0. The number of aliphatic hydroxyl groups is 1. The topological polar surface area (TPSA) is 60.9 Å². The third kappa shape index (κ3) is 1.78. The lowest BCUT2D eigenvalue weighted by Crippen LogP contribution is -2.53. The van der Waals surface area contributed by atoms with Crippen LogP contribution >= 0.6 is 0 Å². The number of nitrogens with zero attached hydrogens (tertiary/aromatic N) is 2. The molecule has 0 radical (unpaired) electrons. The van der Waals surface area contributed by atoms with Gasteiger partial charge < -0.3 is 5.11 Å². The van der Waals surface area contributed by atoms with Crippen LogP contribution in [-0.2, 0) is 9.59 Å². The molecule has 2 aliphatic heterocycles. The Morgan fingerprint density at radius 3 is 2.21 bits per heavy atom. The Morgan fingerprint density at radius 2 is 1.71 bits per heavy atom. The summed E-state index contributed by atoms with van der Waals surface area (Å²) >= 11 is 0. The summed E-state index contributed by atoms with van der Waals surface area (Å²) in [7, 11) is 0. The summed E-state index contributed by atoms with van der Waals surface area (Å²) in [5.74, 6) is -0.118. The highest BCUT2D eigenvalue weighted by atomic mass is 16.3. The Kier molecular flexibility index (Phi) is 2.52. The Morgan fingerprint density at radius 1 is 1.14 bits per heavy atom. The first-order chi connectivity index (χ1) is 6.66. The summed E-state index contributed by atoms with van der Waals surface area (Å²) in [6.07, 6.45) is 0.503. The molecule has 2 heterocycles. The molecule has 2 fully saturated rings.